The molecule has 0 radical (unpaired) electrons. The van der Waals surface area contributed by atoms with Gasteiger partial charge in [0.05, 0.1) is 23.9 Å². The second-order valence-corrected chi connectivity index (χ2v) is 5.59. The zero-order valence-electron chi connectivity index (χ0n) is 12.7. The highest BCUT2D eigenvalue weighted by molar-refractivity contribution is 6.34. The molecule has 0 bridgehead atoms. The van der Waals surface area contributed by atoms with E-state index in [0.717, 1.165) is 5.69 Å². The molecule has 1 heterocycles. The van der Waals surface area contributed by atoms with Crippen LogP contribution in [0.15, 0.2) is 18.2 Å². The Balaban J connectivity index is 1.98. The zero-order valence-corrected chi connectivity index (χ0v) is 13.4. The van der Waals surface area contributed by atoms with Crippen LogP contribution in [0, 0.1) is 0 Å². The smallest absolute Gasteiger partial charge is 0.244 e. The minimum Gasteiger partial charge on any atom is -0.378 e. The first-order valence-corrected chi connectivity index (χ1v) is 7.55. The average molecular weight is 326 g/mol. The van der Waals surface area contributed by atoms with E-state index in [-0.39, 0.29) is 17.9 Å². The molecule has 0 aromatic heterocycles. The minimum absolute atomic E-state index is 0.0327. The number of anilines is 2. The maximum atomic E-state index is 12.3. The fraction of sp³-hybridized carbons (Fsp3) is 0.467. The van der Waals surface area contributed by atoms with Crippen LogP contribution in [0.3, 0.4) is 0 Å². The molecule has 2 rings (SSSR count). The van der Waals surface area contributed by atoms with E-state index >= 15 is 0 Å². The Morgan fingerprint density at radius 2 is 2.00 bits per heavy atom. The molecule has 1 aliphatic heterocycles. The van der Waals surface area contributed by atoms with Gasteiger partial charge in [-0.25, -0.2) is 0 Å². The van der Waals surface area contributed by atoms with Crippen LogP contribution in [-0.2, 0) is 14.3 Å². The molecule has 120 valence electrons. The lowest BCUT2D eigenvalue weighted by Gasteiger charge is -2.29. The third kappa shape index (κ3) is 4.35. The van der Waals surface area contributed by atoms with Crippen LogP contribution in [-0.4, -0.2) is 49.1 Å². The first-order chi connectivity index (χ1) is 10.5. The lowest BCUT2D eigenvalue weighted by molar-refractivity contribution is -0.135. The molecule has 0 spiro atoms. The van der Waals surface area contributed by atoms with Gasteiger partial charge in [0.15, 0.2) is 0 Å². The third-order valence-corrected chi connectivity index (χ3v) is 3.67. The highest BCUT2D eigenvalue weighted by Crippen LogP contribution is 2.26. The maximum absolute atomic E-state index is 12.3. The fourth-order valence-electron chi connectivity index (χ4n) is 2.27. The zero-order chi connectivity index (χ0) is 16.1. The van der Waals surface area contributed by atoms with Gasteiger partial charge in [0, 0.05) is 25.7 Å². The monoisotopic (exact) mass is 325 g/mol. The highest BCUT2D eigenvalue weighted by Gasteiger charge is 2.22. The summed E-state index contributed by atoms with van der Waals surface area (Å²) in [6.45, 7) is 5.63. The van der Waals surface area contributed by atoms with Crippen molar-refractivity contribution in [3.63, 3.8) is 0 Å². The number of nitrogens with zero attached hydrogens (tertiary/aromatic N) is 1. The van der Waals surface area contributed by atoms with Crippen LogP contribution in [0.1, 0.15) is 13.8 Å². The first-order valence-electron chi connectivity index (χ1n) is 7.17. The molecule has 2 N–H and O–H groups in total. The first kappa shape index (κ1) is 16.6. The van der Waals surface area contributed by atoms with Gasteiger partial charge in [0.1, 0.15) is 6.04 Å². The molecule has 1 aliphatic rings. The Morgan fingerprint density at radius 3 is 2.59 bits per heavy atom. The van der Waals surface area contributed by atoms with Gasteiger partial charge in [-0.05, 0) is 25.1 Å². The van der Waals surface area contributed by atoms with E-state index in [9.17, 15) is 9.59 Å². The summed E-state index contributed by atoms with van der Waals surface area (Å²) in [7, 11) is 0. The summed E-state index contributed by atoms with van der Waals surface area (Å²) in [6.07, 6.45) is 0. The van der Waals surface area contributed by atoms with E-state index in [4.69, 9.17) is 16.3 Å². The second-order valence-electron chi connectivity index (χ2n) is 5.18. The number of carbonyl (C=O) groups excluding carboxylic acids is 2. The van der Waals surface area contributed by atoms with Crippen LogP contribution in [0.25, 0.3) is 0 Å². The Bertz CT molecular complexity index is 559. The summed E-state index contributed by atoms with van der Waals surface area (Å²) in [6, 6.07) is 4.81. The van der Waals surface area contributed by atoms with E-state index in [1.807, 2.05) is 6.92 Å². The fourth-order valence-corrected chi connectivity index (χ4v) is 2.49. The van der Waals surface area contributed by atoms with Gasteiger partial charge in [0.2, 0.25) is 11.8 Å². The van der Waals surface area contributed by atoms with E-state index in [1.165, 1.54) is 6.92 Å². The van der Waals surface area contributed by atoms with Gasteiger partial charge in [-0.1, -0.05) is 11.6 Å². The van der Waals surface area contributed by atoms with Gasteiger partial charge >= 0.3 is 0 Å². The average Bonchev–Trinajstić information content (AvgIpc) is 2.49. The van der Waals surface area contributed by atoms with Crippen LogP contribution in [0.2, 0.25) is 5.02 Å². The van der Waals surface area contributed by atoms with E-state index < -0.39 is 0 Å². The molecule has 1 aromatic rings. The molecule has 1 atom stereocenters. The Morgan fingerprint density at radius 1 is 1.32 bits per heavy atom. The van der Waals surface area contributed by atoms with Crippen molar-refractivity contribution in [2.45, 2.75) is 19.9 Å². The number of halogens is 1. The van der Waals surface area contributed by atoms with Crippen LogP contribution in [0.5, 0.6) is 0 Å². The second kappa shape index (κ2) is 7.47. The number of amides is 2. The van der Waals surface area contributed by atoms with Gasteiger partial charge < -0.3 is 20.3 Å². The molecule has 0 saturated carbocycles. The lowest BCUT2D eigenvalue weighted by Crippen LogP contribution is -2.46. The molecule has 7 heteroatoms. The van der Waals surface area contributed by atoms with Gasteiger partial charge in [0.25, 0.3) is 0 Å². The third-order valence-electron chi connectivity index (χ3n) is 3.36. The van der Waals surface area contributed by atoms with Crippen LogP contribution >= 0.6 is 11.6 Å². The van der Waals surface area contributed by atoms with Crippen molar-refractivity contribution >= 4 is 34.8 Å². The number of carbonyl (C=O) groups is 2. The van der Waals surface area contributed by atoms with Gasteiger partial charge in [-0.15, -0.1) is 0 Å². The van der Waals surface area contributed by atoms with Crippen LogP contribution in [0.4, 0.5) is 11.4 Å². The summed E-state index contributed by atoms with van der Waals surface area (Å²) >= 11 is 6.12. The van der Waals surface area contributed by atoms with Crippen LogP contribution < -0.4 is 10.6 Å². The standard InChI is InChI=1S/C15H20ClN3O3/c1-10(15(21)19-5-7-22-8-6-19)17-12-3-4-14(13(16)9-12)18-11(2)20/h3-4,9-10,17H,5-8H2,1-2H3,(H,18,20)/t10-/m1/s1. The maximum Gasteiger partial charge on any atom is 0.244 e. The number of hydrogen-bond donors (Lipinski definition) is 2. The molecule has 6 nitrogen and oxygen atoms in total. The Kier molecular flexibility index (Phi) is 5.63. The summed E-state index contributed by atoms with van der Waals surface area (Å²) in [5, 5.41) is 6.19. The van der Waals surface area contributed by atoms with Crippen molar-refractivity contribution < 1.29 is 14.3 Å². The Labute approximate surface area is 134 Å². The topological polar surface area (TPSA) is 70.7 Å². The van der Waals surface area contributed by atoms with Crippen molar-refractivity contribution in [2.75, 3.05) is 36.9 Å². The molecule has 0 aliphatic carbocycles. The molecule has 2 amide bonds. The van der Waals surface area contributed by atoms with E-state index in [1.54, 1.807) is 23.1 Å². The summed E-state index contributed by atoms with van der Waals surface area (Å²) in [5.74, 6) is -0.149. The predicted molar refractivity (Wildman–Crippen MR) is 86.2 cm³/mol. The summed E-state index contributed by atoms with van der Waals surface area (Å²) in [5.41, 5.74) is 1.28. The van der Waals surface area contributed by atoms with Crippen molar-refractivity contribution in [1.29, 1.82) is 0 Å². The quantitative estimate of drug-likeness (QED) is 0.887. The number of nitrogens with one attached hydrogen (secondary N) is 2. The molecule has 1 fully saturated rings. The molecular formula is C15H20ClN3O3. The van der Waals surface area contributed by atoms with Gasteiger partial charge in [-0.2, -0.15) is 0 Å². The van der Waals surface area contributed by atoms with Crippen molar-refractivity contribution in [3.8, 4) is 0 Å². The molecule has 22 heavy (non-hydrogen) atoms. The number of morpholine rings is 1. The lowest BCUT2D eigenvalue weighted by atomic mass is 10.2. The molecule has 1 aromatic carbocycles. The number of rotatable bonds is 4. The van der Waals surface area contributed by atoms with Gasteiger partial charge in [-0.3, -0.25) is 9.59 Å². The Hall–Kier alpha value is -1.79. The molecule has 0 unspecified atom stereocenters. The molecule has 1 saturated heterocycles. The van der Waals surface area contributed by atoms with Crippen molar-refractivity contribution in [2.24, 2.45) is 0 Å². The van der Waals surface area contributed by atoms with E-state index in [2.05, 4.69) is 10.6 Å². The van der Waals surface area contributed by atoms with E-state index in [0.29, 0.717) is 37.0 Å². The number of benzene rings is 1. The summed E-state index contributed by atoms with van der Waals surface area (Å²) in [4.78, 5) is 25.2. The van der Waals surface area contributed by atoms with Crippen molar-refractivity contribution in [1.82, 2.24) is 4.90 Å². The highest BCUT2D eigenvalue weighted by atomic mass is 35.5. The van der Waals surface area contributed by atoms with Crippen molar-refractivity contribution in [3.05, 3.63) is 23.2 Å². The SMILES string of the molecule is CC(=O)Nc1ccc(N[C@H](C)C(=O)N2CCOCC2)cc1Cl. The predicted octanol–water partition coefficient (Wildman–Crippen LogP) is 1.96. The number of ether oxygens (including phenoxy) is 1. The minimum atomic E-state index is -0.360. The number of hydrogen-bond acceptors (Lipinski definition) is 4. The largest absolute Gasteiger partial charge is 0.378 e. The summed E-state index contributed by atoms with van der Waals surface area (Å²) < 4.78 is 5.24. The molecular weight excluding hydrogens is 306 g/mol. The normalized spacial score (nSPS) is 16.0.